The Morgan fingerprint density at radius 2 is 1.91 bits per heavy atom. The monoisotopic (exact) mass is 312 g/mol. The van der Waals surface area contributed by atoms with Crippen LogP contribution in [0, 0.1) is 17.3 Å². The van der Waals surface area contributed by atoms with Crippen molar-refractivity contribution in [2.24, 2.45) is 22.2 Å². The highest BCUT2D eigenvalue weighted by Gasteiger charge is 2.33. The Hall–Kier alpha value is -1.97. The Morgan fingerprint density at radius 3 is 2.57 bits per heavy atom. The quantitative estimate of drug-likeness (QED) is 0.807. The molecule has 3 rings (SSSR count). The van der Waals surface area contributed by atoms with Gasteiger partial charge in [-0.3, -0.25) is 9.59 Å². The molecule has 0 saturated heterocycles. The van der Waals surface area contributed by atoms with Gasteiger partial charge in [-0.15, -0.1) is 0 Å². The van der Waals surface area contributed by atoms with Gasteiger partial charge in [-0.25, -0.2) is 4.99 Å². The molecule has 1 heterocycles. The van der Waals surface area contributed by atoms with Crippen molar-refractivity contribution in [1.82, 2.24) is 5.32 Å². The van der Waals surface area contributed by atoms with E-state index in [-0.39, 0.29) is 29.1 Å². The summed E-state index contributed by atoms with van der Waals surface area (Å²) in [4.78, 5) is 28.4. The molecule has 0 aromatic heterocycles. The van der Waals surface area contributed by atoms with Gasteiger partial charge in [0.1, 0.15) is 0 Å². The molecule has 1 unspecified atom stereocenters. The molecular weight excluding hydrogens is 288 g/mol. The lowest BCUT2D eigenvalue weighted by Crippen LogP contribution is -2.36. The van der Waals surface area contributed by atoms with Crippen molar-refractivity contribution in [1.29, 1.82) is 0 Å². The molecule has 4 heteroatoms. The van der Waals surface area contributed by atoms with Crippen molar-refractivity contribution < 1.29 is 9.59 Å². The summed E-state index contributed by atoms with van der Waals surface area (Å²) in [6.45, 7) is 6.32. The van der Waals surface area contributed by atoms with E-state index >= 15 is 0 Å². The maximum absolute atomic E-state index is 12.2. The molecule has 0 spiro atoms. The predicted octanol–water partition coefficient (Wildman–Crippen LogP) is 3.32. The van der Waals surface area contributed by atoms with Crippen molar-refractivity contribution in [2.45, 2.75) is 46.5 Å². The van der Waals surface area contributed by atoms with Gasteiger partial charge >= 0.3 is 0 Å². The molecule has 0 radical (unpaired) electrons. The molecule has 2 amide bonds. The van der Waals surface area contributed by atoms with Crippen LogP contribution in [0.5, 0.6) is 0 Å². The first-order valence-electron chi connectivity index (χ1n) is 8.40. The van der Waals surface area contributed by atoms with Crippen LogP contribution < -0.4 is 5.32 Å². The number of fused-ring (bicyclic) bond motifs is 1. The standard InChI is InChI=1S/C19H24N2O2/c1-19(2,3)15-11-17(22)21-16-10-13(8-9-14(15)16)20-18(23)12-6-4-5-7-12/h8-12,14H,4-7H2,1-3H3,(H,21,22). The van der Waals surface area contributed by atoms with E-state index in [9.17, 15) is 9.59 Å². The van der Waals surface area contributed by atoms with Gasteiger partial charge in [-0.1, -0.05) is 39.7 Å². The Kier molecular flexibility index (Phi) is 4.09. The summed E-state index contributed by atoms with van der Waals surface area (Å²) in [6, 6.07) is 0. The SMILES string of the molecule is CC(C)(C)C1=CC(=O)NC2=CC(=NC(=O)C3CCCC3)C=CC21. The summed E-state index contributed by atoms with van der Waals surface area (Å²) in [6.07, 6.45) is 11.6. The van der Waals surface area contributed by atoms with Crippen molar-refractivity contribution >= 4 is 17.5 Å². The number of hydrogen-bond acceptors (Lipinski definition) is 2. The molecule has 23 heavy (non-hydrogen) atoms. The molecule has 1 N–H and O–H groups in total. The zero-order valence-corrected chi connectivity index (χ0v) is 14.1. The van der Waals surface area contributed by atoms with E-state index < -0.39 is 0 Å². The highest BCUT2D eigenvalue weighted by atomic mass is 16.2. The fourth-order valence-electron chi connectivity index (χ4n) is 3.53. The molecule has 1 aliphatic heterocycles. The van der Waals surface area contributed by atoms with E-state index in [2.05, 4.69) is 31.1 Å². The van der Waals surface area contributed by atoms with Gasteiger partial charge in [-0.05, 0) is 36.0 Å². The molecule has 3 aliphatic rings. The summed E-state index contributed by atoms with van der Waals surface area (Å²) in [5.74, 6) is 0.0200. The third-order valence-electron chi connectivity index (χ3n) is 4.80. The average molecular weight is 312 g/mol. The Bertz CT molecular complexity index is 653. The smallest absolute Gasteiger partial charge is 0.249 e. The van der Waals surface area contributed by atoms with Crippen LogP contribution in [0.4, 0.5) is 0 Å². The number of aliphatic imine (C=N–C) groups is 1. The van der Waals surface area contributed by atoms with Gasteiger partial charge < -0.3 is 5.32 Å². The molecule has 122 valence electrons. The minimum Gasteiger partial charge on any atom is -0.325 e. The molecule has 0 aromatic carbocycles. The second-order valence-electron chi connectivity index (χ2n) is 7.63. The summed E-state index contributed by atoms with van der Waals surface area (Å²) in [7, 11) is 0. The zero-order valence-electron chi connectivity index (χ0n) is 14.1. The maximum atomic E-state index is 12.2. The van der Waals surface area contributed by atoms with Gasteiger partial charge in [0.05, 0.1) is 5.71 Å². The largest absolute Gasteiger partial charge is 0.325 e. The van der Waals surface area contributed by atoms with Gasteiger partial charge in [0.25, 0.3) is 0 Å². The molecule has 1 atom stereocenters. The third kappa shape index (κ3) is 3.36. The number of nitrogens with one attached hydrogen (secondary N) is 1. The van der Waals surface area contributed by atoms with Crippen molar-refractivity contribution in [3.05, 3.63) is 35.6 Å². The fraction of sp³-hybridized carbons (Fsp3) is 0.526. The van der Waals surface area contributed by atoms with Crippen molar-refractivity contribution in [2.75, 3.05) is 0 Å². The van der Waals surface area contributed by atoms with E-state index in [4.69, 9.17) is 0 Å². The molecule has 2 aliphatic carbocycles. The van der Waals surface area contributed by atoms with E-state index in [1.165, 1.54) is 0 Å². The Balaban J connectivity index is 1.85. The Labute approximate surface area is 137 Å². The van der Waals surface area contributed by atoms with Gasteiger partial charge in [0.2, 0.25) is 11.8 Å². The predicted molar refractivity (Wildman–Crippen MR) is 90.8 cm³/mol. The van der Waals surface area contributed by atoms with Crippen LogP contribution >= 0.6 is 0 Å². The first-order chi connectivity index (χ1) is 10.8. The minimum absolute atomic E-state index is 0.0221. The van der Waals surface area contributed by atoms with Crippen molar-refractivity contribution in [3.63, 3.8) is 0 Å². The van der Waals surface area contributed by atoms with E-state index in [1.807, 2.05) is 18.2 Å². The highest BCUT2D eigenvalue weighted by molar-refractivity contribution is 6.11. The summed E-state index contributed by atoms with van der Waals surface area (Å²) in [5, 5.41) is 2.90. The van der Waals surface area contributed by atoms with Gasteiger partial charge in [-0.2, -0.15) is 0 Å². The lowest BCUT2D eigenvalue weighted by atomic mass is 9.74. The van der Waals surface area contributed by atoms with Crippen LogP contribution in [0.15, 0.2) is 40.6 Å². The first kappa shape index (κ1) is 15.9. The number of carbonyl (C=O) groups excluding carboxylic acids is 2. The zero-order chi connectivity index (χ0) is 16.6. The number of amides is 2. The summed E-state index contributed by atoms with van der Waals surface area (Å²) < 4.78 is 0. The number of nitrogens with zero attached hydrogens (tertiary/aromatic N) is 1. The fourth-order valence-corrected chi connectivity index (χ4v) is 3.53. The number of rotatable bonds is 1. The van der Waals surface area contributed by atoms with E-state index in [1.54, 1.807) is 6.08 Å². The number of hydrogen-bond donors (Lipinski definition) is 1. The molecule has 0 bridgehead atoms. The maximum Gasteiger partial charge on any atom is 0.249 e. The van der Waals surface area contributed by atoms with Crippen molar-refractivity contribution in [3.8, 4) is 0 Å². The van der Waals surface area contributed by atoms with Crippen LogP contribution in [0.2, 0.25) is 0 Å². The Morgan fingerprint density at radius 1 is 1.22 bits per heavy atom. The lowest BCUT2D eigenvalue weighted by molar-refractivity contribution is -0.121. The van der Waals surface area contributed by atoms with Crippen LogP contribution in [0.3, 0.4) is 0 Å². The van der Waals surface area contributed by atoms with Crippen LogP contribution in [0.25, 0.3) is 0 Å². The first-order valence-corrected chi connectivity index (χ1v) is 8.40. The average Bonchev–Trinajstić information content (AvgIpc) is 2.99. The van der Waals surface area contributed by atoms with E-state index in [0.29, 0.717) is 5.71 Å². The number of carbonyl (C=O) groups is 2. The van der Waals surface area contributed by atoms with Crippen LogP contribution in [-0.4, -0.2) is 17.5 Å². The number of allylic oxidation sites excluding steroid dienone is 3. The third-order valence-corrected chi connectivity index (χ3v) is 4.80. The van der Waals surface area contributed by atoms with Gasteiger partial charge in [0.15, 0.2) is 0 Å². The molecule has 4 nitrogen and oxygen atoms in total. The van der Waals surface area contributed by atoms with Gasteiger partial charge in [0, 0.05) is 23.6 Å². The highest BCUT2D eigenvalue weighted by Crippen LogP contribution is 2.38. The van der Waals surface area contributed by atoms with E-state index in [0.717, 1.165) is 37.0 Å². The normalized spacial score (nSPS) is 26.7. The molecule has 0 aromatic rings. The minimum atomic E-state index is -0.103. The molecule has 1 saturated carbocycles. The second kappa shape index (κ2) is 5.91. The molecule has 1 fully saturated rings. The molecular formula is C19H24N2O2. The lowest BCUT2D eigenvalue weighted by Gasteiger charge is -2.34. The topological polar surface area (TPSA) is 58.5 Å². The van der Waals surface area contributed by atoms with Crippen LogP contribution in [0.1, 0.15) is 46.5 Å². The second-order valence-corrected chi connectivity index (χ2v) is 7.63. The van der Waals surface area contributed by atoms with Crippen LogP contribution in [-0.2, 0) is 9.59 Å². The summed E-state index contributed by atoms with van der Waals surface area (Å²) in [5.41, 5.74) is 2.47. The summed E-state index contributed by atoms with van der Waals surface area (Å²) >= 11 is 0.